The minimum atomic E-state index is -0.908. The van der Waals surface area contributed by atoms with Crippen LogP contribution in [-0.4, -0.2) is 34.6 Å². The van der Waals surface area contributed by atoms with Crippen molar-refractivity contribution in [3.8, 4) is 0 Å². The van der Waals surface area contributed by atoms with Crippen molar-refractivity contribution in [3.05, 3.63) is 34.4 Å². The second-order valence-electron chi connectivity index (χ2n) is 5.45. The van der Waals surface area contributed by atoms with E-state index >= 15 is 0 Å². The average molecular weight is 286 g/mol. The Balaban J connectivity index is 2.02. The van der Waals surface area contributed by atoms with E-state index in [9.17, 15) is 19.2 Å². The summed E-state index contributed by atoms with van der Waals surface area (Å²) in [6.07, 6.45) is 0.302. The number of nitrogens with one attached hydrogen (secondary N) is 1. The van der Waals surface area contributed by atoms with Gasteiger partial charge in [0, 0.05) is 6.42 Å². The highest BCUT2D eigenvalue weighted by Crippen LogP contribution is 2.30. The Morgan fingerprint density at radius 1 is 1.10 bits per heavy atom. The van der Waals surface area contributed by atoms with Crippen molar-refractivity contribution < 1.29 is 19.2 Å². The summed E-state index contributed by atoms with van der Waals surface area (Å²) in [5.74, 6) is -1.88. The second kappa shape index (κ2) is 4.51. The first-order chi connectivity index (χ1) is 9.90. The summed E-state index contributed by atoms with van der Waals surface area (Å²) in [4.78, 5) is 49.1. The molecule has 6 nitrogen and oxygen atoms in total. The molecule has 0 aliphatic carbocycles. The summed E-state index contributed by atoms with van der Waals surface area (Å²) in [7, 11) is 0. The van der Waals surface area contributed by atoms with Gasteiger partial charge in [0.2, 0.25) is 11.8 Å². The topological polar surface area (TPSA) is 83.6 Å². The second-order valence-corrected chi connectivity index (χ2v) is 5.45. The normalized spacial score (nSPS) is 21.6. The number of fused-ring (bicyclic) bond motifs is 1. The molecule has 3 rings (SSSR count). The predicted molar refractivity (Wildman–Crippen MR) is 72.6 cm³/mol. The molecule has 1 atom stereocenters. The molecule has 21 heavy (non-hydrogen) atoms. The van der Waals surface area contributed by atoms with Crippen LogP contribution in [-0.2, 0) is 9.59 Å². The summed E-state index contributed by atoms with van der Waals surface area (Å²) >= 11 is 0. The van der Waals surface area contributed by atoms with Gasteiger partial charge in [-0.25, -0.2) is 0 Å². The molecular weight excluding hydrogens is 272 g/mol. The molecule has 1 unspecified atom stereocenters. The smallest absolute Gasteiger partial charge is 0.262 e. The van der Waals surface area contributed by atoms with Gasteiger partial charge in [0.15, 0.2) is 0 Å². The van der Waals surface area contributed by atoms with Crippen molar-refractivity contribution in [2.45, 2.75) is 32.7 Å². The zero-order valence-electron chi connectivity index (χ0n) is 11.7. The van der Waals surface area contributed by atoms with E-state index in [-0.39, 0.29) is 18.7 Å². The molecule has 4 amide bonds. The van der Waals surface area contributed by atoms with Gasteiger partial charge in [-0.2, -0.15) is 0 Å². The van der Waals surface area contributed by atoms with E-state index in [1.54, 1.807) is 13.0 Å². The summed E-state index contributed by atoms with van der Waals surface area (Å²) in [5, 5.41) is 2.18. The number of nitrogens with zero attached hydrogens (tertiary/aromatic N) is 1. The molecule has 0 saturated carbocycles. The molecule has 6 heteroatoms. The van der Waals surface area contributed by atoms with Crippen molar-refractivity contribution in [2.75, 3.05) is 0 Å². The van der Waals surface area contributed by atoms with E-state index in [1.165, 1.54) is 0 Å². The summed E-state index contributed by atoms with van der Waals surface area (Å²) < 4.78 is 0. The van der Waals surface area contributed by atoms with E-state index < -0.39 is 23.8 Å². The molecule has 1 aromatic carbocycles. The Kier molecular flexibility index (Phi) is 2.90. The van der Waals surface area contributed by atoms with Crippen molar-refractivity contribution in [3.63, 3.8) is 0 Å². The molecule has 1 saturated heterocycles. The largest absolute Gasteiger partial charge is 0.295 e. The fraction of sp³-hybridized carbons (Fsp3) is 0.333. The number of amides is 4. The Morgan fingerprint density at radius 2 is 1.81 bits per heavy atom. The molecule has 0 bridgehead atoms. The molecule has 0 aromatic heterocycles. The van der Waals surface area contributed by atoms with Crippen molar-refractivity contribution in [1.82, 2.24) is 10.2 Å². The Hall–Kier alpha value is -2.50. The van der Waals surface area contributed by atoms with Crippen LogP contribution in [0.15, 0.2) is 12.1 Å². The first-order valence-corrected chi connectivity index (χ1v) is 6.73. The Morgan fingerprint density at radius 3 is 2.48 bits per heavy atom. The van der Waals surface area contributed by atoms with E-state index in [0.717, 1.165) is 16.0 Å². The van der Waals surface area contributed by atoms with Gasteiger partial charge in [-0.05, 0) is 31.9 Å². The van der Waals surface area contributed by atoms with Crippen LogP contribution in [0.2, 0.25) is 0 Å². The maximum absolute atomic E-state index is 12.5. The number of piperidine rings is 1. The number of imide groups is 2. The number of carbonyl (C=O) groups excluding carboxylic acids is 4. The molecule has 0 radical (unpaired) electrons. The van der Waals surface area contributed by atoms with Crippen LogP contribution in [0.5, 0.6) is 0 Å². The highest BCUT2D eigenvalue weighted by Gasteiger charge is 2.45. The monoisotopic (exact) mass is 286 g/mol. The number of rotatable bonds is 1. The van der Waals surface area contributed by atoms with E-state index in [0.29, 0.717) is 11.1 Å². The standard InChI is InChI=1S/C15H14N2O4/c1-7-5-8(2)12-9(6-7)14(20)17(15(12)21)10-3-4-11(18)16-13(10)19/h5-6,10H,3-4H2,1-2H3,(H,16,18,19). The van der Waals surface area contributed by atoms with E-state index in [4.69, 9.17) is 0 Å². The maximum atomic E-state index is 12.5. The molecule has 2 heterocycles. The summed E-state index contributed by atoms with van der Waals surface area (Å²) in [6.45, 7) is 3.62. The maximum Gasteiger partial charge on any atom is 0.262 e. The van der Waals surface area contributed by atoms with Crippen LogP contribution in [0, 0.1) is 13.8 Å². The third kappa shape index (κ3) is 1.94. The Bertz CT molecular complexity index is 708. The first kappa shape index (κ1) is 13.5. The van der Waals surface area contributed by atoms with Gasteiger partial charge in [-0.3, -0.25) is 29.4 Å². The zero-order valence-corrected chi connectivity index (χ0v) is 11.7. The minimum absolute atomic E-state index is 0.127. The van der Waals surface area contributed by atoms with Crippen LogP contribution in [0.3, 0.4) is 0 Å². The van der Waals surface area contributed by atoms with E-state index in [2.05, 4.69) is 5.32 Å². The lowest BCUT2D eigenvalue weighted by Gasteiger charge is -2.27. The lowest BCUT2D eigenvalue weighted by Crippen LogP contribution is -2.54. The quantitative estimate of drug-likeness (QED) is 0.770. The fourth-order valence-electron chi connectivity index (χ4n) is 2.97. The van der Waals surface area contributed by atoms with Gasteiger partial charge in [-0.15, -0.1) is 0 Å². The van der Waals surface area contributed by atoms with Crippen molar-refractivity contribution in [2.24, 2.45) is 0 Å². The molecule has 1 aromatic rings. The number of hydrogen-bond acceptors (Lipinski definition) is 4. The van der Waals surface area contributed by atoms with Crippen molar-refractivity contribution in [1.29, 1.82) is 0 Å². The van der Waals surface area contributed by atoms with Gasteiger partial charge in [0.05, 0.1) is 11.1 Å². The van der Waals surface area contributed by atoms with Crippen LogP contribution in [0.4, 0.5) is 0 Å². The lowest BCUT2D eigenvalue weighted by atomic mass is 10.0. The molecule has 0 spiro atoms. The van der Waals surface area contributed by atoms with E-state index in [1.807, 2.05) is 13.0 Å². The summed E-state index contributed by atoms with van der Waals surface area (Å²) in [6, 6.07) is 2.58. The number of benzene rings is 1. The van der Waals surface area contributed by atoms with Gasteiger partial charge in [-0.1, -0.05) is 11.6 Å². The molecule has 1 fully saturated rings. The fourth-order valence-corrected chi connectivity index (χ4v) is 2.97. The third-order valence-electron chi connectivity index (χ3n) is 3.88. The van der Waals surface area contributed by atoms with Crippen LogP contribution in [0.25, 0.3) is 0 Å². The molecular formula is C15H14N2O4. The SMILES string of the molecule is Cc1cc(C)c2c(c1)C(=O)N(C1CCC(=O)NC1=O)C2=O. The average Bonchev–Trinajstić information content (AvgIpc) is 2.63. The zero-order chi connectivity index (χ0) is 15.3. The van der Waals surface area contributed by atoms with Crippen LogP contribution < -0.4 is 5.32 Å². The molecule has 2 aliphatic heterocycles. The highest BCUT2D eigenvalue weighted by molar-refractivity contribution is 6.24. The lowest BCUT2D eigenvalue weighted by molar-refractivity contribution is -0.136. The number of aryl methyl sites for hydroxylation is 2. The van der Waals surface area contributed by atoms with Gasteiger partial charge in [0.25, 0.3) is 11.8 Å². The molecule has 2 aliphatic rings. The third-order valence-corrected chi connectivity index (χ3v) is 3.88. The van der Waals surface area contributed by atoms with Gasteiger partial charge >= 0.3 is 0 Å². The number of carbonyl (C=O) groups is 4. The molecule has 1 N–H and O–H groups in total. The first-order valence-electron chi connectivity index (χ1n) is 6.73. The Labute approximate surface area is 121 Å². The van der Waals surface area contributed by atoms with Crippen molar-refractivity contribution >= 4 is 23.6 Å². The van der Waals surface area contributed by atoms with Gasteiger partial charge in [0.1, 0.15) is 6.04 Å². The van der Waals surface area contributed by atoms with Crippen LogP contribution in [0.1, 0.15) is 44.7 Å². The number of hydrogen-bond donors (Lipinski definition) is 1. The highest BCUT2D eigenvalue weighted by atomic mass is 16.2. The summed E-state index contributed by atoms with van der Waals surface area (Å²) in [5.41, 5.74) is 2.30. The minimum Gasteiger partial charge on any atom is -0.295 e. The predicted octanol–water partition coefficient (Wildman–Crippen LogP) is 0.705. The van der Waals surface area contributed by atoms with Gasteiger partial charge < -0.3 is 0 Å². The molecule has 108 valence electrons. The van der Waals surface area contributed by atoms with Crippen LogP contribution >= 0.6 is 0 Å².